The first-order chi connectivity index (χ1) is 9.26. The summed E-state index contributed by atoms with van der Waals surface area (Å²) in [5.41, 5.74) is 0.919. The Labute approximate surface area is 113 Å². The van der Waals surface area contributed by atoms with E-state index in [1.165, 1.54) is 38.1 Å². The molecule has 1 unspecified atom stereocenters. The molecule has 0 radical (unpaired) electrons. The first-order valence-corrected chi connectivity index (χ1v) is 7.17. The molecule has 104 valence electrons. The summed E-state index contributed by atoms with van der Waals surface area (Å²) in [6, 6.07) is 5.21. The summed E-state index contributed by atoms with van der Waals surface area (Å²) >= 11 is 0. The van der Waals surface area contributed by atoms with Crippen molar-refractivity contribution in [2.24, 2.45) is 5.92 Å². The molecule has 3 nitrogen and oxygen atoms in total. The Hall–Kier alpha value is -1.29. The van der Waals surface area contributed by atoms with E-state index in [2.05, 4.69) is 10.2 Å². The summed E-state index contributed by atoms with van der Waals surface area (Å²) in [5.74, 6) is 1.12. The largest absolute Gasteiger partial charge is 0.492 e. The highest BCUT2D eigenvalue weighted by atomic mass is 19.1. The second-order valence-corrected chi connectivity index (χ2v) is 5.46. The van der Waals surface area contributed by atoms with E-state index in [4.69, 9.17) is 4.74 Å². The molecule has 4 rings (SSSR count). The van der Waals surface area contributed by atoms with Crippen LogP contribution < -0.4 is 10.1 Å². The van der Waals surface area contributed by atoms with Crippen molar-refractivity contribution in [3.63, 3.8) is 0 Å². The van der Waals surface area contributed by atoms with E-state index in [0.29, 0.717) is 18.4 Å². The maximum atomic E-state index is 13.3. The van der Waals surface area contributed by atoms with Crippen molar-refractivity contribution in [2.45, 2.75) is 25.8 Å². The third-order valence-corrected chi connectivity index (χ3v) is 4.24. The minimum atomic E-state index is -0.247. The van der Waals surface area contributed by atoms with Crippen LogP contribution in [0, 0.1) is 11.7 Å². The molecule has 1 N–H and O–H groups in total. The van der Waals surface area contributed by atoms with Crippen molar-refractivity contribution in [3.8, 4) is 5.75 Å². The van der Waals surface area contributed by atoms with Crippen LogP contribution in [0.5, 0.6) is 5.75 Å². The molecule has 0 spiro atoms. The predicted molar refractivity (Wildman–Crippen MR) is 74.1 cm³/mol. The summed E-state index contributed by atoms with van der Waals surface area (Å²) in [6.07, 6.45) is 2.53. The highest BCUT2D eigenvalue weighted by Crippen LogP contribution is 2.33. The van der Waals surface area contributed by atoms with Gasteiger partial charge in [-0.05, 0) is 50.9 Å². The van der Waals surface area contributed by atoms with Gasteiger partial charge in [0.15, 0.2) is 0 Å². The van der Waals surface area contributed by atoms with Gasteiger partial charge in [0.1, 0.15) is 11.6 Å². The van der Waals surface area contributed by atoms with Gasteiger partial charge in [0.05, 0.1) is 12.3 Å². The Morgan fingerprint density at radius 3 is 2.79 bits per heavy atom. The van der Waals surface area contributed by atoms with Gasteiger partial charge in [-0.25, -0.2) is 4.39 Å². The third kappa shape index (κ3) is 2.68. The van der Waals surface area contributed by atoms with Crippen LogP contribution in [0.25, 0.3) is 0 Å². The van der Waals surface area contributed by atoms with E-state index in [1.807, 2.05) is 6.92 Å². The van der Waals surface area contributed by atoms with Crippen molar-refractivity contribution < 1.29 is 9.13 Å². The van der Waals surface area contributed by atoms with Gasteiger partial charge < -0.3 is 15.0 Å². The molecule has 1 aromatic carbocycles. The van der Waals surface area contributed by atoms with E-state index in [-0.39, 0.29) is 5.82 Å². The van der Waals surface area contributed by atoms with Crippen LogP contribution in [-0.2, 0) is 0 Å². The second-order valence-electron chi connectivity index (χ2n) is 5.46. The molecule has 0 aliphatic carbocycles. The molecule has 1 aromatic rings. The minimum Gasteiger partial charge on any atom is -0.492 e. The lowest BCUT2D eigenvalue weighted by Gasteiger charge is -2.45. The number of nitrogens with one attached hydrogen (secondary N) is 1. The van der Waals surface area contributed by atoms with Crippen LogP contribution >= 0.6 is 0 Å². The maximum absolute atomic E-state index is 13.3. The van der Waals surface area contributed by atoms with E-state index in [9.17, 15) is 4.39 Å². The lowest BCUT2D eigenvalue weighted by molar-refractivity contribution is 0.0974. The van der Waals surface area contributed by atoms with E-state index in [1.54, 1.807) is 6.07 Å². The smallest absolute Gasteiger partial charge is 0.145 e. The molecule has 19 heavy (non-hydrogen) atoms. The van der Waals surface area contributed by atoms with Crippen molar-refractivity contribution in [1.82, 2.24) is 4.90 Å². The highest BCUT2D eigenvalue weighted by molar-refractivity contribution is 5.57. The molecule has 0 aromatic heterocycles. The molecular weight excluding hydrogens is 243 g/mol. The monoisotopic (exact) mass is 264 g/mol. The molecule has 4 heteroatoms. The number of hydrogen-bond donors (Lipinski definition) is 1. The maximum Gasteiger partial charge on any atom is 0.145 e. The summed E-state index contributed by atoms with van der Waals surface area (Å²) in [5, 5.41) is 3.56. The first-order valence-electron chi connectivity index (χ1n) is 7.17. The van der Waals surface area contributed by atoms with Crippen LogP contribution in [-0.4, -0.2) is 37.2 Å². The highest BCUT2D eigenvalue weighted by Gasteiger charge is 2.34. The fourth-order valence-corrected chi connectivity index (χ4v) is 3.22. The van der Waals surface area contributed by atoms with Gasteiger partial charge in [0, 0.05) is 18.7 Å². The Kier molecular flexibility index (Phi) is 3.60. The fraction of sp³-hybridized carbons (Fsp3) is 0.600. The van der Waals surface area contributed by atoms with Crippen molar-refractivity contribution >= 4 is 5.69 Å². The molecule has 0 amide bonds. The predicted octanol–water partition coefficient (Wildman–Crippen LogP) is 2.73. The van der Waals surface area contributed by atoms with Gasteiger partial charge >= 0.3 is 0 Å². The Bertz CT molecular complexity index is 444. The van der Waals surface area contributed by atoms with Gasteiger partial charge in [0.2, 0.25) is 0 Å². The first kappa shape index (κ1) is 12.7. The summed E-state index contributed by atoms with van der Waals surface area (Å²) in [6.45, 7) is 6.02. The van der Waals surface area contributed by atoms with Gasteiger partial charge in [-0.15, -0.1) is 0 Å². The van der Waals surface area contributed by atoms with Crippen LogP contribution in [0.3, 0.4) is 0 Å². The lowest BCUT2D eigenvalue weighted by Crippen LogP contribution is -2.53. The molecule has 3 aliphatic heterocycles. The quantitative estimate of drug-likeness (QED) is 0.905. The van der Waals surface area contributed by atoms with Crippen LogP contribution in [0.2, 0.25) is 0 Å². The van der Waals surface area contributed by atoms with Crippen LogP contribution in [0.1, 0.15) is 19.8 Å². The van der Waals surface area contributed by atoms with Gasteiger partial charge in [-0.2, -0.15) is 0 Å². The zero-order chi connectivity index (χ0) is 13.2. The third-order valence-electron chi connectivity index (χ3n) is 4.24. The molecular formula is C15H21FN2O. The Balaban J connectivity index is 1.75. The Morgan fingerprint density at radius 2 is 2.16 bits per heavy atom. The molecule has 1 atom stereocenters. The lowest BCUT2D eigenvalue weighted by atomic mass is 9.84. The zero-order valence-electron chi connectivity index (χ0n) is 11.4. The molecule has 0 saturated carbocycles. The summed E-state index contributed by atoms with van der Waals surface area (Å²) in [7, 11) is 0. The average molecular weight is 264 g/mol. The zero-order valence-corrected chi connectivity index (χ0v) is 11.4. The number of fused-ring (bicyclic) bond motifs is 3. The molecule has 2 bridgehead atoms. The van der Waals surface area contributed by atoms with Crippen molar-refractivity contribution in [3.05, 3.63) is 24.0 Å². The number of rotatable bonds is 4. The second kappa shape index (κ2) is 5.37. The fourth-order valence-electron chi connectivity index (χ4n) is 3.22. The topological polar surface area (TPSA) is 24.5 Å². The van der Waals surface area contributed by atoms with Gasteiger partial charge in [0.25, 0.3) is 0 Å². The molecule has 3 fully saturated rings. The van der Waals surface area contributed by atoms with Crippen LogP contribution in [0.4, 0.5) is 10.1 Å². The number of benzene rings is 1. The number of hydrogen-bond acceptors (Lipinski definition) is 3. The minimum absolute atomic E-state index is 0.247. The van der Waals surface area contributed by atoms with Gasteiger partial charge in [-0.1, -0.05) is 0 Å². The van der Waals surface area contributed by atoms with Crippen molar-refractivity contribution in [1.29, 1.82) is 0 Å². The number of ether oxygens (including phenoxy) is 1. The normalized spacial score (nSPS) is 29.3. The number of anilines is 1. The molecule has 3 aliphatic rings. The standard InChI is InChI=1S/C15H21FN2O/c1-2-19-15-9-12(16)3-4-13(15)17-14-10-18-7-5-11(14)6-8-18/h3-4,9,11,14,17H,2,5-8,10H2,1H3. The average Bonchev–Trinajstić information content (AvgIpc) is 2.43. The molecule has 3 heterocycles. The number of piperidine rings is 3. The van der Waals surface area contributed by atoms with Crippen LogP contribution in [0.15, 0.2) is 18.2 Å². The Morgan fingerprint density at radius 1 is 1.37 bits per heavy atom. The summed E-state index contributed by atoms with van der Waals surface area (Å²) < 4.78 is 18.8. The number of nitrogens with zero attached hydrogens (tertiary/aromatic N) is 1. The van der Waals surface area contributed by atoms with E-state index >= 15 is 0 Å². The SMILES string of the molecule is CCOc1cc(F)ccc1NC1CN2CCC1CC2. The van der Waals surface area contributed by atoms with Crippen molar-refractivity contribution in [2.75, 3.05) is 31.6 Å². The summed E-state index contributed by atoms with van der Waals surface area (Å²) in [4.78, 5) is 2.50. The van der Waals surface area contributed by atoms with Gasteiger partial charge in [-0.3, -0.25) is 0 Å². The van der Waals surface area contributed by atoms with E-state index < -0.39 is 0 Å². The van der Waals surface area contributed by atoms with E-state index in [0.717, 1.165) is 18.2 Å². The number of halogens is 1. The molecule has 3 saturated heterocycles.